The molecule has 4 rings (SSSR count). The van der Waals surface area contributed by atoms with Gasteiger partial charge in [-0.2, -0.15) is 5.10 Å². The summed E-state index contributed by atoms with van der Waals surface area (Å²) in [7, 11) is 0. The molecule has 1 aliphatic rings. The van der Waals surface area contributed by atoms with Crippen LogP contribution in [0.4, 0.5) is 0 Å². The number of halogens is 2. The summed E-state index contributed by atoms with van der Waals surface area (Å²) in [5.41, 5.74) is 3.29. The summed E-state index contributed by atoms with van der Waals surface area (Å²) >= 11 is 12.6. The molecule has 7 heteroatoms. The number of rotatable bonds is 7. The molecule has 32 heavy (non-hydrogen) atoms. The van der Waals surface area contributed by atoms with Crippen LogP contribution < -0.4 is 4.74 Å². The van der Waals surface area contributed by atoms with E-state index < -0.39 is 0 Å². The van der Waals surface area contributed by atoms with Gasteiger partial charge in [0.2, 0.25) is 0 Å². The molecule has 3 atom stereocenters. The van der Waals surface area contributed by atoms with Crippen LogP contribution in [-0.2, 0) is 17.8 Å². The van der Waals surface area contributed by atoms with Crippen LogP contribution in [0, 0.1) is 12.3 Å². The van der Waals surface area contributed by atoms with Crippen molar-refractivity contribution < 1.29 is 9.47 Å². The topological polar surface area (TPSA) is 49.2 Å². The number of nitrogens with zero attached hydrogens (tertiary/aromatic N) is 3. The maximum absolute atomic E-state index is 6.56. The molecular weight excluding hydrogens is 445 g/mol. The van der Waals surface area contributed by atoms with Crippen LogP contribution in [0.1, 0.15) is 49.9 Å². The maximum Gasteiger partial charge on any atom is 0.141 e. The molecule has 0 aliphatic carbocycles. The lowest BCUT2D eigenvalue weighted by Gasteiger charge is -2.37. The van der Waals surface area contributed by atoms with Crippen LogP contribution in [0.15, 0.2) is 49.1 Å². The van der Waals surface area contributed by atoms with E-state index in [4.69, 9.17) is 32.7 Å². The Bertz CT molecular complexity index is 1050. The number of aryl methyl sites for hydroxylation is 1. The van der Waals surface area contributed by atoms with Gasteiger partial charge in [-0.15, -0.1) is 0 Å². The lowest BCUT2D eigenvalue weighted by Crippen LogP contribution is -2.40. The Morgan fingerprint density at radius 2 is 1.94 bits per heavy atom. The smallest absolute Gasteiger partial charge is 0.141 e. The highest BCUT2D eigenvalue weighted by Gasteiger charge is 2.38. The van der Waals surface area contributed by atoms with Gasteiger partial charge < -0.3 is 9.47 Å². The normalized spacial score (nSPS) is 17.6. The fourth-order valence-electron chi connectivity index (χ4n) is 4.32. The molecule has 0 saturated carbocycles. The van der Waals surface area contributed by atoms with E-state index in [2.05, 4.69) is 62.0 Å². The third-order valence-corrected chi connectivity index (χ3v) is 6.35. The summed E-state index contributed by atoms with van der Waals surface area (Å²) in [5, 5.41) is 5.64. The SMILES string of the molecule is Cc1ccc(COC(C(CC2Cc3cc(Cl)cc(Cl)c3O2)n2cncn2)C(C)(C)C)cc1. The van der Waals surface area contributed by atoms with Gasteiger partial charge in [-0.25, -0.2) is 9.67 Å². The molecular formula is C25H29Cl2N3O2. The second-order valence-corrected chi connectivity index (χ2v) is 10.4. The van der Waals surface area contributed by atoms with Gasteiger partial charge in [0.25, 0.3) is 0 Å². The molecule has 2 heterocycles. The van der Waals surface area contributed by atoms with Crippen LogP contribution in [0.2, 0.25) is 10.0 Å². The van der Waals surface area contributed by atoms with Crippen molar-refractivity contribution in [3.8, 4) is 5.75 Å². The largest absolute Gasteiger partial charge is 0.488 e. The predicted octanol–water partition coefficient (Wildman–Crippen LogP) is 6.46. The van der Waals surface area contributed by atoms with Crippen LogP contribution >= 0.6 is 23.2 Å². The fraction of sp³-hybridized carbons (Fsp3) is 0.440. The minimum atomic E-state index is -0.131. The zero-order chi connectivity index (χ0) is 22.9. The minimum absolute atomic E-state index is 0.0528. The third-order valence-electron chi connectivity index (χ3n) is 5.85. The molecule has 5 nitrogen and oxygen atoms in total. The predicted molar refractivity (Wildman–Crippen MR) is 127 cm³/mol. The molecule has 0 amide bonds. The summed E-state index contributed by atoms with van der Waals surface area (Å²) in [5.74, 6) is 0.728. The highest BCUT2D eigenvalue weighted by Crippen LogP contribution is 2.42. The Hall–Kier alpha value is -2.08. The van der Waals surface area contributed by atoms with E-state index in [9.17, 15) is 0 Å². The molecule has 3 aromatic rings. The molecule has 3 unspecified atom stereocenters. The number of fused-ring (bicyclic) bond motifs is 1. The van der Waals surface area contributed by atoms with Gasteiger partial charge in [0, 0.05) is 23.4 Å². The van der Waals surface area contributed by atoms with Crippen molar-refractivity contribution >= 4 is 23.2 Å². The van der Waals surface area contributed by atoms with Crippen LogP contribution in [0.25, 0.3) is 0 Å². The second kappa shape index (κ2) is 9.42. The summed E-state index contributed by atoms with van der Waals surface area (Å²) in [6, 6.07) is 12.0. The molecule has 170 valence electrons. The first-order valence-electron chi connectivity index (χ1n) is 10.9. The van der Waals surface area contributed by atoms with Gasteiger partial charge in [0.05, 0.1) is 23.8 Å². The first-order chi connectivity index (χ1) is 15.2. The highest BCUT2D eigenvalue weighted by atomic mass is 35.5. The average Bonchev–Trinajstić information content (AvgIpc) is 3.37. The van der Waals surface area contributed by atoms with E-state index >= 15 is 0 Å². The van der Waals surface area contributed by atoms with Gasteiger partial charge >= 0.3 is 0 Å². The molecule has 1 aromatic heterocycles. The summed E-state index contributed by atoms with van der Waals surface area (Å²) < 4.78 is 14.7. The number of benzene rings is 2. The Labute approximate surface area is 199 Å². The number of hydrogen-bond donors (Lipinski definition) is 0. The van der Waals surface area contributed by atoms with E-state index in [0.29, 0.717) is 23.1 Å². The van der Waals surface area contributed by atoms with Crippen molar-refractivity contribution in [2.75, 3.05) is 0 Å². The average molecular weight is 474 g/mol. The molecule has 0 N–H and O–H groups in total. The first-order valence-corrected chi connectivity index (χ1v) is 11.6. The second-order valence-electron chi connectivity index (χ2n) is 9.58. The zero-order valence-electron chi connectivity index (χ0n) is 18.9. The number of ether oxygens (including phenoxy) is 2. The van der Waals surface area contributed by atoms with E-state index in [0.717, 1.165) is 23.3 Å². The van der Waals surface area contributed by atoms with Gasteiger partial charge in [0.15, 0.2) is 0 Å². The lowest BCUT2D eigenvalue weighted by atomic mass is 9.82. The monoisotopic (exact) mass is 473 g/mol. The third kappa shape index (κ3) is 5.28. The van der Waals surface area contributed by atoms with Crippen molar-refractivity contribution in [3.05, 3.63) is 75.8 Å². The Morgan fingerprint density at radius 1 is 1.19 bits per heavy atom. The highest BCUT2D eigenvalue weighted by molar-refractivity contribution is 6.35. The van der Waals surface area contributed by atoms with Crippen molar-refractivity contribution in [2.45, 2.75) is 65.4 Å². The summed E-state index contributed by atoms with van der Waals surface area (Å²) in [6.45, 7) is 9.19. The van der Waals surface area contributed by atoms with Crippen LogP contribution in [-0.4, -0.2) is 27.0 Å². The van der Waals surface area contributed by atoms with Crippen molar-refractivity contribution in [2.24, 2.45) is 5.41 Å². The van der Waals surface area contributed by atoms with E-state index in [1.807, 2.05) is 10.7 Å². The van der Waals surface area contributed by atoms with Crippen molar-refractivity contribution in [1.29, 1.82) is 0 Å². The Morgan fingerprint density at radius 3 is 2.59 bits per heavy atom. The molecule has 2 aromatic carbocycles. The Kier molecular flexibility index (Phi) is 6.80. The van der Waals surface area contributed by atoms with Gasteiger partial charge in [-0.1, -0.05) is 73.8 Å². The van der Waals surface area contributed by atoms with Gasteiger partial charge in [0.1, 0.15) is 24.5 Å². The molecule has 0 saturated heterocycles. The fourth-order valence-corrected chi connectivity index (χ4v) is 4.90. The quantitative estimate of drug-likeness (QED) is 0.394. The van der Waals surface area contributed by atoms with E-state index in [-0.39, 0.29) is 23.7 Å². The summed E-state index contributed by atoms with van der Waals surface area (Å²) in [6.07, 6.45) is 4.61. The van der Waals surface area contributed by atoms with Crippen molar-refractivity contribution in [1.82, 2.24) is 14.8 Å². The van der Waals surface area contributed by atoms with Crippen LogP contribution in [0.5, 0.6) is 5.75 Å². The molecule has 1 aliphatic heterocycles. The minimum Gasteiger partial charge on any atom is -0.488 e. The van der Waals surface area contributed by atoms with Gasteiger partial charge in [-0.05, 0) is 30.0 Å². The zero-order valence-corrected chi connectivity index (χ0v) is 20.4. The maximum atomic E-state index is 6.56. The molecule has 0 radical (unpaired) electrons. The molecule has 0 spiro atoms. The Balaban J connectivity index is 1.56. The molecule has 0 bridgehead atoms. The first kappa shape index (κ1) is 23.1. The van der Waals surface area contributed by atoms with E-state index in [1.54, 1.807) is 18.7 Å². The molecule has 0 fully saturated rings. The lowest BCUT2D eigenvalue weighted by molar-refractivity contribution is -0.0703. The van der Waals surface area contributed by atoms with E-state index in [1.165, 1.54) is 5.56 Å². The number of aromatic nitrogens is 3. The number of hydrogen-bond acceptors (Lipinski definition) is 4. The van der Waals surface area contributed by atoms with Crippen LogP contribution in [0.3, 0.4) is 0 Å². The van der Waals surface area contributed by atoms with Gasteiger partial charge in [-0.3, -0.25) is 0 Å². The standard InChI is InChI=1S/C25H29Cl2N3O2/c1-16-5-7-17(8-6-16)13-31-24(25(2,3)4)22(30-15-28-14-29-30)12-20-10-18-9-19(26)11-21(27)23(18)32-20/h5-9,11,14-15,20,22,24H,10,12-13H2,1-4H3. The van der Waals surface area contributed by atoms with Crippen molar-refractivity contribution in [3.63, 3.8) is 0 Å². The summed E-state index contributed by atoms with van der Waals surface area (Å²) in [4.78, 5) is 4.19.